The van der Waals surface area contributed by atoms with Gasteiger partial charge in [-0.05, 0) is 18.1 Å². The Labute approximate surface area is 103 Å². The Morgan fingerprint density at radius 1 is 1.39 bits per heavy atom. The van der Waals surface area contributed by atoms with Crippen molar-refractivity contribution in [2.45, 2.75) is 26.9 Å². The topological polar surface area (TPSA) is 38.3 Å². The molecule has 1 amide bonds. The Kier molecular flexibility index (Phi) is 5.00. The highest BCUT2D eigenvalue weighted by atomic mass is 19.3. The molecule has 0 heterocycles. The van der Waals surface area contributed by atoms with Crippen LogP contribution in [-0.2, 0) is 4.79 Å². The highest BCUT2D eigenvalue weighted by Gasteiger charge is 2.13. The molecular formula is C12H14F3NO2. The van der Waals surface area contributed by atoms with Crippen LogP contribution in [0.5, 0.6) is 5.75 Å². The second kappa shape index (κ2) is 6.28. The molecule has 0 unspecified atom stereocenters. The standard InChI is InChI=1S/C12H14F3NO2/c1-7(2)5-11(17)16-9-6-8(13)3-4-10(9)18-12(14)15/h3-4,6-7,12H,5H2,1-2H3,(H,16,17). The molecule has 3 nitrogen and oxygen atoms in total. The number of benzene rings is 1. The molecule has 0 aliphatic rings. The molecule has 0 saturated carbocycles. The first kappa shape index (κ1) is 14.3. The number of halogens is 3. The quantitative estimate of drug-likeness (QED) is 0.882. The first-order chi connectivity index (χ1) is 8.38. The molecule has 0 aromatic heterocycles. The van der Waals surface area contributed by atoms with E-state index in [9.17, 15) is 18.0 Å². The lowest BCUT2D eigenvalue weighted by molar-refractivity contribution is -0.116. The molecule has 1 rings (SSSR count). The van der Waals surface area contributed by atoms with Gasteiger partial charge in [0, 0.05) is 12.5 Å². The van der Waals surface area contributed by atoms with Gasteiger partial charge in [0.2, 0.25) is 5.91 Å². The second-order valence-corrected chi connectivity index (χ2v) is 4.17. The third-order valence-electron chi connectivity index (χ3n) is 2.03. The zero-order valence-electron chi connectivity index (χ0n) is 10.0. The first-order valence-electron chi connectivity index (χ1n) is 5.42. The number of rotatable bonds is 5. The summed E-state index contributed by atoms with van der Waals surface area (Å²) in [5, 5.41) is 2.35. The van der Waals surface area contributed by atoms with E-state index in [-0.39, 0.29) is 29.7 Å². The molecule has 1 aromatic carbocycles. The number of ether oxygens (including phenoxy) is 1. The van der Waals surface area contributed by atoms with Crippen LogP contribution in [0.15, 0.2) is 18.2 Å². The minimum absolute atomic E-state index is 0.0963. The largest absolute Gasteiger partial charge is 0.433 e. The highest BCUT2D eigenvalue weighted by Crippen LogP contribution is 2.27. The van der Waals surface area contributed by atoms with Gasteiger partial charge >= 0.3 is 6.61 Å². The Morgan fingerprint density at radius 3 is 2.61 bits per heavy atom. The molecule has 0 aliphatic heterocycles. The summed E-state index contributed by atoms with van der Waals surface area (Å²) < 4.78 is 41.4. The summed E-state index contributed by atoms with van der Waals surface area (Å²) in [5.41, 5.74) is -0.0963. The third-order valence-corrected chi connectivity index (χ3v) is 2.03. The SMILES string of the molecule is CC(C)CC(=O)Nc1cc(F)ccc1OC(F)F. The fourth-order valence-corrected chi connectivity index (χ4v) is 1.37. The van der Waals surface area contributed by atoms with Crippen LogP contribution in [0.1, 0.15) is 20.3 Å². The smallest absolute Gasteiger partial charge is 0.387 e. The molecule has 0 spiro atoms. The zero-order valence-corrected chi connectivity index (χ0v) is 10.0. The molecule has 1 aromatic rings. The van der Waals surface area contributed by atoms with Crippen molar-refractivity contribution in [3.63, 3.8) is 0 Å². The molecule has 18 heavy (non-hydrogen) atoms. The Hall–Kier alpha value is -1.72. The molecule has 0 bridgehead atoms. The van der Waals surface area contributed by atoms with Crippen molar-refractivity contribution >= 4 is 11.6 Å². The van der Waals surface area contributed by atoms with Crippen molar-refractivity contribution in [2.75, 3.05) is 5.32 Å². The average Bonchev–Trinajstić information content (AvgIpc) is 2.20. The van der Waals surface area contributed by atoms with E-state index in [1.807, 2.05) is 13.8 Å². The number of amides is 1. The minimum Gasteiger partial charge on any atom is -0.433 e. The van der Waals surface area contributed by atoms with E-state index in [1.54, 1.807) is 0 Å². The fraction of sp³-hybridized carbons (Fsp3) is 0.417. The van der Waals surface area contributed by atoms with E-state index in [4.69, 9.17) is 0 Å². The van der Waals surface area contributed by atoms with Gasteiger partial charge in [-0.3, -0.25) is 4.79 Å². The molecule has 0 atom stereocenters. The first-order valence-corrected chi connectivity index (χ1v) is 5.42. The van der Waals surface area contributed by atoms with Crippen LogP contribution in [0.3, 0.4) is 0 Å². The van der Waals surface area contributed by atoms with Gasteiger partial charge in [0.25, 0.3) is 0 Å². The normalized spacial score (nSPS) is 10.8. The monoisotopic (exact) mass is 261 g/mol. The Balaban J connectivity index is 2.84. The van der Waals surface area contributed by atoms with Crippen molar-refractivity contribution in [1.29, 1.82) is 0 Å². The lowest BCUT2D eigenvalue weighted by atomic mass is 10.1. The van der Waals surface area contributed by atoms with Crippen molar-refractivity contribution in [1.82, 2.24) is 0 Å². The third kappa shape index (κ3) is 4.65. The number of alkyl halides is 2. The van der Waals surface area contributed by atoms with E-state index in [2.05, 4.69) is 10.1 Å². The van der Waals surface area contributed by atoms with Crippen molar-refractivity contribution < 1.29 is 22.7 Å². The number of carbonyl (C=O) groups excluding carboxylic acids is 1. The predicted octanol–water partition coefficient (Wildman–Crippen LogP) is 3.41. The van der Waals surface area contributed by atoms with Crippen LogP contribution in [0.4, 0.5) is 18.9 Å². The maximum Gasteiger partial charge on any atom is 0.387 e. The molecular weight excluding hydrogens is 247 g/mol. The van der Waals surface area contributed by atoms with Gasteiger partial charge in [0.15, 0.2) is 0 Å². The maximum absolute atomic E-state index is 13.0. The van der Waals surface area contributed by atoms with E-state index < -0.39 is 12.4 Å². The van der Waals surface area contributed by atoms with Gasteiger partial charge in [-0.2, -0.15) is 8.78 Å². The van der Waals surface area contributed by atoms with Crippen LogP contribution in [0, 0.1) is 11.7 Å². The fourth-order valence-electron chi connectivity index (χ4n) is 1.37. The minimum atomic E-state index is -3.03. The van der Waals surface area contributed by atoms with Gasteiger partial charge in [-0.25, -0.2) is 4.39 Å². The Morgan fingerprint density at radius 2 is 2.06 bits per heavy atom. The number of anilines is 1. The molecule has 0 fully saturated rings. The number of carbonyl (C=O) groups is 1. The maximum atomic E-state index is 13.0. The molecule has 1 N–H and O–H groups in total. The van der Waals surface area contributed by atoms with Crippen LogP contribution in [-0.4, -0.2) is 12.5 Å². The lowest BCUT2D eigenvalue weighted by Gasteiger charge is -2.12. The molecule has 0 radical (unpaired) electrons. The van der Waals surface area contributed by atoms with Gasteiger partial charge in [0.1, 0.15) is 11.6 Å². The predicted molar refractivity (Wildman–Crippen MR) is 61.1 cm³/mol. The summed E-state index contributed by atoms with van der Waals surface area (Å²) >= 11 is 0. The Bertz CT molecular complexity index is 422. The molecule has 0 aliphatic carbocycles. The summed E-state index contributed by atoms with van der Waals surface area (Å²) in [7, 11) is 0. The number of hydrogen-bond acceptors (Lipinski definition) is 2. The van der Waals surface area contributed by atoms with Crippen LogP contribution in [0.25, 0.3) is 0 Å². The van der Waals surface area contributed by atoms with E-state index >= 15 is 0 Å². The molecule has 6 heteroatoms. The summed E-state index contributed by atoms with van der Waals surface area (Å²) in [5.74, 6) is -1.17. The van der Waals surface area contributed by atoms with Gasteiger partial charge in [-0.1, -0.05) is 13.8 Å². The van der Waals surface area contributed by atoms with Crippen LogP contribution < -0.4 is 10.1 Å². The van der Waals surface area contributed by atoms with Gasteiger partial charge in [0.05, 0.1) is 5.69 Å². The zero-order chi connectivity index (χ0) is 13.7. The van der Waals surface area contributed by atoms with Crippen LogP contribution in [0.2, 0.25) is 0 Å². The summed E-state index contributed by atoms with van der Waals surface area (Å²) in [4.78, 5) is 11.5. The summed E-state index contributed by atoms with van der Waals surface area (Å²) in [6, 6.07) is 2.97. The number of hydrogen-bond donors (Lipinski definition) is 1. The average molecular weight is 261 g/mol. The molecule has 0 saturated heterocycles. The van der Waals surface area contributed by atoms with Gasteiger partial charge in [-0.15, -0.1) is 0 Å². The summed E-state index contributed by atoms with van der Waals surface area (Å²) in [6.45, 7) is 0.639. The second-order valence-electron chi connectivity index (χ2n) is 4.17. The summed E-state index contributed by atoms with van der Waals surface area (Å²) in [6.07, 6.45) is 0.213. The van der Waals surface area contributed by atoms with Gasteiger partial charge < -0.3 is 10.1 Å². The lowest BCUT2D eigenvalue weighted by Crippen LogP contribution is -2.15. The van der Waals surface area contributed by atoms with E-state index in [1.165, 1.54) is 0 Å². The molecule has 100 valence electrons. The van der Waals surface area contributed by atoms with Crippen molar-refractivity contribution in [3.8, 4) is 5.75 Å². The number of nitrogens with one attached hydrogen (secondary N) is 1. The van der Waals surface area contributed by atoms with E-state index in [0.29, 0.717) is 0 Å². The van der Waals surface area contributed by atoms with Crippen molar-refractivity contribution in [2.24, 2.45) is 5.92 Å². The van der Waals surface area contributed by atoms with Crippen LogP contribution >= 0.6 is 0 Å². The highest BCUT2D eigenvalue weighted by molar-refractivity contribution is 5.92. The van der Waals surface area contributed by atoms with E-state index in [0.717, 1.165) is 18.2 Å². The van der Waals surface area contributed by atoms with Crippen molar-refractivity contribution in [3.05, 3.63) is 24.0 Å².